The normalized spacial score (nSPS) is 10.8. The van der Waals surface area contributed by atoms with E-state index in [0.29, 0.717) is 41.2 Å². The Kier molecular flexibility index (Phi) is 9.01. The number of halogens is 1. The van der Waals surface area contributed by atoms with E-state index in [1.165, 1.54) is 11.8 Å². The third kappa shape index (κ3) is 7.53. The van der Waals surface area contributed by atoms with E-state index in [1.54, 1.807) is 6.21 Å². The van der Waals surface area contributed by atoms with Crippen molar-refractivity contribution in [1.29, 1.82) is 0 Å². The van der Waals surface area contributed by atoms with E-state index in [4.69, 9.17) is 21.1 Å². The number of benzene rings is 2. The minimum atomic E-state index is -0.158. The predicted molar refractivity (Wildman–Crippen MR) is 112 cm³/mol. The molecule has 0 heterocycles. The van der Waals surface area contributed by atoms with Gasteiger partial charge < -0.3 is 9.47 Å². The Labute approximate surface area is 169 Å². The number of hydrogen-bond acceptors (Lipinski definition) is 5. The van der Waals surface area contributed by atoms with Gasteiger partial charge in [-0.25, -0.2) is 5.43 Å². The number of carbonyl (C=O) groups excluding carboxylic acids is 1. The summed E-state index contributed by atoms with van der Waals surface area (Å²) in [5, 5.41) is 4.70. The van der Waals surface area contributed by atoms with E-state index >= 15 is 0 Å². The van der Waals surface area contributed by atoms with Crippen molar-refractivity contribution in [1.82, 2.24) is 5.43 Å². The molecule has 5 nitrogen and oxygen atoms in total. The Bertz CT molecular complexity index is 784. The van der Waals surface area contributed by atoms with E-state index in [1.807, 2.05) is 56.3 Å². The topological polar surface area (TPSA) is 59.9 Å². The first-order valence-electron chi connectivity index (χ1n) is 8.66. The zero-order valence-corrected chi connectivity index (χ0v) is 17.0. The molecule has 0 saturated carbocycles. The third-order valence-electron chi connectivity index (χ3n) is 3.36. The maximum absolute atomic E-state index is 11.9. The second-order valence-corrected chi connectivity index (χ2v) is 6.91. The average molecular weight is 407 g/mol. The first-order valence-corrected chi connectivity index (χ1v) is 10.2. The van der Waals surface area contributed by atoms with Crippen molar-refractivity contribution in [3.05, 3.63) is 58.6 Å². The highest BCUT2D eigenvalue weighted by atomic mass is 35.5. The summed E-state index contributed by atoms with van der Waals surface area (Å²) in [5.41, 5.74) is 4.43. The smallest absolute Gasteiger partial charge is 0.250 e. The predicted octanol–water partition coefficient (Wildman–Crippen LogP) is 4.52. The van der Waals surface area contributed by atoms with Gasteiger partial charge in [-0.2, -0.15) is 5.10 Å². The van der Waals surface area contributed by atoms with Crippen LogP contribution in [0, 0.1) is 0 Å². The number of hydrogen-bond donors (Lipinski definition) is 1. The molecule has 0 fully saturated rings. The summed E-state index contributed by atoms with van der Waals surface area (Å²) in [4.78, 5) is 11.9. The van der Waals surface area contributed by atoms with Gasteiger partial charge in [0.05, 0.1) is 25.2 Å². The van der Waals surface area contributed by atoms with Gasteiger partial charge in [-0.1, -0.05) is 23.7 Å². The molecule has 0 saturated heterocycles. The van der Waals surface area contributed by atoms with Crippen molar-refractivity contribution in [3.63, 3.8) is 0 Å². The maximum Gasteiger partial charge on any atom is 0.250 e. The van der Waals surface area contributed by atoms with Gasteiger partial charge in [0.15, 0.2) is 11.5 Å². The Hall–Kier alpha value is -2.18. The molecule has 144 valence electrons. The SMILES string of the molecule is CCOc1ccc(/C=N/NC(=O)CSCc2cccc(Cl)c2)cc1OCC. The highest BCUT2D eigenvalue weighted by molar-refractivity contribution is 7.99. The molecule has 2 aromatic rings. The zero-order chi connectivity index (χ0) is 19.5. The van der Waals surface area contributed by atoms with Crippen LogP contribution in [-0.4, -0.2) is 31.1 Å². The van der Waals surface area contributed by atoms with Crippen molar-refractivity contribution in [3.8, 4) is 11.5 Å². The second kappa shape index (κ2) is 11.5. The molecule has 0 unspecified atom stereocenters. The number of hydrazone groups is 1. The first kappa shape index (κ1) is 21.1. The van der Waals surface area contributed by atoms with E-state index in [-0.39, 0.29) is 5.91 Å². The van der Waals surface area contributed by atoms with Crippen molar-refractivity contribution in [2.75, 3.05) is 19.0 Å². The van der Waals surface area contributed by atoms with Crippen LogP contribution in [-0.2, 0) is 10.5 Å². The average Bonchev–Trinajstić information content (AvgIpc) is 2.64. The summed E-state index contributed by atoms with van der Waals surface area (Å²) in [7, 11) is 0. The van der Waals surface area contributed by atoms with Crippen LogP contribution in [0.3, 0.4) is 0 Å². The van der Waals surface area contributed by atoms with Crippen molar-refractivity contribution in [2.45, 2.75) is 19.6 Å². The number of thioether (sulfide) groups is 1. The molecule has 2 rings (SSSR count). The maximum atomic E-state index is 11.9. The number of nitrogens with zero attached hydrogens (tertiary/aromatic N) is 1. The van der Waals surface area contributed by atoms with Gasteiger partial charge in [-0.05, 0) is 55.3 Å². The lowest BCUT2D eigenvalue weighted by atomic mass is 10.2. The molecule has 1 amide bonds. The van der Waals surface area contributed by atoms with E-state index in [9.17, 15) is 4.79 Å². The van der Waals surface area contributed by atoms with Gasteiger partial charge in [0.25, 0.3) is 0 Å². The van der Waals surface area contributed by atoms with E-state index in [2.05, 4.69) is 10.5 Å². The van der Waals surface area contributed by atoms with Crippen LogP contribution in [0.5, 0.6) is 11.5 Å². The summed E-state index contributed by atoms with van der Waals surface area (Å²) in [6.45, 7) is 4.94. The lowest BCUT2D eigenvalue weighted by molar-refractivity contribution is -0.118. The molecule has 1 N–H and O–H groups in total. The molecule has 0 aliphatic carbocycles. The van der Waals surface area contributed by atoms with Crippen LogP contribution < -0.4 is 14.9 Å². The van der Waals surface area contributed by atoms with Crippen LogP contribution in [0.15, 0.2) is 47.6 Å². The Morgan fingerprint density at radius 3 is 2.67 bits per heavy atom. The third-order valence-corrected chi connectivity index (χ3v) is 4.60. The summed E-state index contributed by atoms with van der Waals surface area (Å²) < 4.78 is 11.1. The molecular weight excluding hydrogens is 384 g/mol. The van der Waals surface area contributed by atoms with Gasteiger partial charge in [-0.3, -0.25) is 4.79 Å². The van der Waals surface area contributed by atoms with Crippen LogP contribution in [0.4, 0.5) is 0 Å². The minimum Gasteiger partial charge on any atom is -0.490 e. The van der Waals surface area contributed by atoms with Gasteiger partial charge in [0.1, 0.15) is 0 Å². The van der Waals surface area contributed by atoms with Gasteiger partial charge in [-0.15, -0.1) is 11.8 Å². The molecule has 0 spiro atoms. The summed E-state index contributed by atoms with van der Waals surface area (Å²) >= 11 is 7.45. The van der Waals surface area contributed by atoms with Crippen LogP contribution in [0.25, 0.3) is 0 Å². The van der Waals surface area contributed by atoms with E-state index in [0.717, 1.165) is 11.1 Å². The molecule has 0 atom stereocenters. The lowest BCUT2D eigenvalue weighted by Gasteiger charge is -2.11. The highest BCUT2D eigenvalue weighted by Gasteiger charge is 2.05. The van der Waals surface area contributed by atoms with Crippen molar-refractivity contribution < 1.29 is 14.3 Å². The summed E-state index contributed by atoms with van der Waals surface area (Å²) in [6.07, 6.45) is 1.58. The van der Waals surface area contributed by atoms with Gasteiger partial charge >= 0.3 is 0 Å². The molecule has 0 aliphatic rings. The Morgan fingerprint density at radius 2 is 1.93 bits per heavy atom. The fourth-order valence-corrected chi connectivity index (χ4v) is 3.23. The number of rotatable bonds is 10. The molecular formula is C20H23ClN2O3S. The quantitative estimate of drug-likeness (QED) is 0.465. The Balaban J connectivity index is 1.81. The van der Waals surface area contributed by atoms with Gasteiger partial charge in [0, 0.05) is 10.8 Å². The fourth-order valence-electron chi connectivity index (χ4n) is 2.25. The minimum absolute atomic E-state index is 0.158. The van der Waals surface area contributed by atoms with Crippen molar-refractivity contribution >= 4 is 35.5 Å². The lowest BCUT2D eigenvalue weighted by Crippen LogP contribution is -2.19. The second-order valence-electron chi connectivity index (χ2n) is 5.49. The number of carbonyl (C=O) groups is 1. The number of nitrogens with one attached hydrogen (secondary N) is 1. The highest BCUT2D eigenvalue weighted by Crippen LogP contribution is 2.28. The number of ether oxygens (including phenoxy) is 2. The van der Waals surface area contributed by atoms with Crippen LogP contribution in [0.1, 0.15) is 25.0 Å². The van der Waals surface area contributed by atoms with Gasteiger partial charge in [0.2, 0.25) is 5.91 Å². The monoisotopic (exact) mass is 406 g/mol. The van der Waals surface area contributed by atoms with Crippen molar-refractivity contribution in [2.24, 2.45) is 5.10 Å². The zero-order valence-electron chi connectivity index (χ0n) is 15.4. The fraction of sp³-hybridized carbons (Fsp3) is 0.300. The molecule has 7 heteroatoms. The first-order chi connectivity index (χ1) is 13.1. The summed E-state index contributed by atoms with van der Waals surface area (Å²) in [6, 6.07) is 13.1. The Morgan fingerprint density at radius 1 is 1.15 bits per heavy atom. The molecule has 27 heavy (non-hydrogen) atoms. The molecule has 0 aromatic heterocycles. The molecule has 2 aromatic carbocycles. The summed E-state index contributed by atoms with van der Waals surface area (Å²) in [5.74, 6) is 2.23. The van der Waals surface area contributed by atoms with Crippen LogP contribution in [0.2, 0.25) is 5.02 Å². The van der Waals surface area contributed by atoms with Crippen LogP contribution >= 0.6 is 23.4 Å². The largest absolute Gasteiger partial charge is 0.490 e. The number of amides is 1. The molecule has 0 bridgehead atoms. The molecule has 0 radical (unpaired) electrons. The molecule has 0 aliphatic heterocycles. The van der Waals surface area contributed by atoms with E-state index < -0.39 is 0 Å². The standard InChI is InChI=1S/C20H23ClN2O3S/c1-3-25-18-9-8-15(11-19(18)26-4-2)12-22-23-20(24)14-27-13-16-6-5-7-17(21)10-16/h5-12H,3-4,13-14H2,1-2H3,(H,23,24)/b22-12+.